The fourth-order valence-corrected chi connectivity index (χ4v) is 0.998. The van der Waals surface area contributed by atoms with Gasteiger partial charge in [0.2, 0.25) is 0 Å². The van der Waals surface area contributed by atoms with E-state index in [-0.39, 0.29) is 12.1 Å². The molecule has 0 radical (unpaired) electrons. The molecule has 0 amide bonds. The average molecular weight is 156 g/mol. The van der Waals surface area contributed by atoms with Crippen molar-refractivity contribution < 1.29 is 14.3 Å². The molecular formula is C8H12O3. The molecular weight excluding hydrogens is 144 g/mol. The average Bonchev–Trinajstić information content (AvgIpc) is 2.84. The van der Waals surface area contributed by atoms with Gasteiger partial charge in [-0.05, 0) is 19.3 Å². The summed E-state index contributed by atoms with van der Waals surface area (Å²) in [7, 11) is 0. The first-order valence-corrected chi connectivity index (χ1v) is 4.12. The number of hydrogen-bond acceptors (Lipinski definition) is 3. The van der Waals surface area contributed by atoms with Crippen LogP contribution in [0.25, 0.3) is 0 Å². The molecule has 0 bridgehead atoms. The quantitative estimate of drug-likeness (QED) is 0.449. The fourth-order valence-electron chi connectivity index (χ4n) is 0.998. The Bertz CT molecular complexity index is 180. The zero-order valence-electron chi connectivity index (χ0n) is 6.63. The largest absolute Gasteiger partial charge is 0.460 e. The zero-order valence-corrected chi connectivity index (χ0v) is 6.63. The van der Waals surface area contributed by atoms with E-state index in [0.29, 0.717) is 6.61 Å². The van der Waals surface area contributed by atoms with Crippen molar-refractivity contribution in [3.8, 4) is 0 Å². The summed E-state index contributed by atoms with van der Waals surface area (Å²) in [5.74, 6) is -0.150. The minimum absolute atomic E-state index is 0.150. The van der Waals surface area contributed by atoms with Crippen LogP contribution in [0.5, 0.6) is 0 Å². The van der Waals surface area contributed by atoms with Crippen molar-refractivity contribution in [1.82, 2.24) is 0 Å². The summed E-state index contributed by atoms with van der Waals surface area (Å²) in [4.78, 5) is 11.3. The number of rotatable bonds is 3. The van der Waals surface area contributed by atoms with Crippen LogP contribution in [0, 0.1) is 0 Å². The highest BCUT2D eigenvalue weighted by Gasteiger charge is 2.53. The SMILES string of the molecule is CCC1(C(=O)OC2CC2)CO1. The second-order valence-electron chi connectivity index (χ2n) is 3.24. The molecule has 3 heteroatoms. The van der Waals surface area contributed by atoms with Crippen molar-refractivity contribution in [2.24, 2.45) is 0 Å². The smallest absolute Gasteiger partial charge is 0.341 e. The van der Waals surface area contributed by atoms with Gasteiger partial charge in [0.15, 0.2) is 5.60 Å². The van der Waals surface area contributed by atoms with Gasteiger partial charge in [0.05, 0.1) is 6.61 Å². The van der Waals surface area contributed by atoms with E-state index in [1.54, 1.807) is 0 Å². The maximum atomic E-state index is 11.3. The third-order valence-electron chi connectivity index (χ3n) is 2.23. The van der Waals surface area contributed by atoms with Crippen LogP contribution in [-0.2, 0) is 14.3 Å². The lowest BCUT2D eigenvalue weighted by Crippen LogP contribution is -2.26. The van der Waals surface area contributed by atoms with Crippen molar-refractivity contribution in [2.45, 2.75) is 37.9 Å². The molecule has 1 saturated carbocycles. The first-order valence-electron chi connectivity index (χ1n) is 4.12. The number of hydrogen-bond donors (Lipinski definition) is 0. The summed E-state index contributed by atoms with van der Waals surface area (Å²) in [6.45, 7) is 2.50. The van der Waals surface area contributed by atoms with Gasteiger partial charge in [-0.15, -0.1) is 0 Å². The lowest BCUT2D eigenvalue weighted by Gasteiger charge is -2.07. The van der Waals surface area contributed by atoms with E-state index < -0.39 is 5.60 Å². The van der Waals surface area contributed by atoms with E-state index in [4.69, 9.17) is 9.47 Å². The lowest BCUT2D eigenvalue weighted by atomic mass is 10.1. The highest BCUT2D eigenvalue weighted by molar-refractivity contribution is 5.82. The Morgan fingerprint density at radius 1 is 1.73 bits per heavy atom. The highest BCUT2D eigenvalue weighted by atomic mass is 16.6. The van der Waals surface area contributed by atoms with Crippen LogP contribution in [-0.4, -0.2) is 24.3 Å². The van der Waals surface area contributed by atoms with Crippen LogP contribution in [0.4, 0.5) is 0 Å². The Kier molecular flexibility index (Phi) is 1.42. The van der Waals surface area contributed by atoms with E-state index in [0.717, 1.165) is 19.3 Å². The van der Waals surface area contributed by atoms with Gasteiger partial charge < -0.3 is 9.47 Å². The number of carbonyl (C=O) groups excluding carboxylic acids is 1. The summed E-state index contributed by atoms with van der Waals surface area (Å²) in [5.41, 5.74) is -0.539. The van der Waals surface area contributed by atoms with Crippen LogP contribution in [0.15, 0.2) is 0 Å². The number of ether oxygens (including phenoxy) is 2. The Morgan fingerprint density at radius 2 is 2.36 bits per heavy atom. The molecule has 1 atom stereocenters. The van der Waals surface area contributed by atoms with Crippen molar-refractivity contribution in [3.63, 3.8) is 0 Å². The first-order chi connectivity index (χ1) is 5.27. The van der Waals surface area contributed by atoms with Crippen LogP contribution < -0.4 is 0 Å². The van der Waals surface area contributed by atoms with Gasteiger partial charge in [-0.3, -0.25) is 0 Å². The number of carbonyl (C=O) groups is 1. The van der Waals surface area contributed by atoms with Crippen LogP contribution in [0.3, 0.4) is 0 Å². The van der Waals surface area contributed by atoms with Gasteiger partial charge in [-0.2, -0.15) is 0 Å². The van der Waals surface area contributed by atoms with E-state index in [9.17, 15) is 4.79 Å². The molecule has 2 rings (SSSR count). The van der Waals surface area contributed by atoms with Crippen molar-refractivity contribution in [1.29, 1.82) is 0 Å². The Labute approximate surface area is 65.7 Å². The number of epoxide rings is 1. The molecule has 2 aliphatic rings. The molecule has 0 aromatic carbocycles. The zero-order chi connectivity index (χ0) is 7.90. The fraction of sp³-hybridized carbons (Fsp3) is 0.875. The van der Waals surface area contributed by atoms with E-state index >= 15 is 0 Å². The monoisotopic (exact) mass is 156 g/mol. The Morgan fingerprint density at radius 3 is 2.73 bits per heavy atom. The third-order valence-corrected chi connectivity index (χ3v) is 2.23. The molecule has 1 unspecified atom stereocenters. The van der Waals surface area contributed by atoms with Crippen LogP contribution >= 0.6 is 0 Å². The Balaban J connectivity index is 1.87. The molecule has 0 aromatic rings. The predicted octanol–water partition coefficient (Wildman–Crippen LogP) is 0.871. The van der Waals surface area contributed by atoms with Gasteiger partial charge in [0.1, 0.15) is 6.10 Å². The summed E-state index contributed by atoms with van der Waals surface area (Å²) in [5, 5.41) is 0. The summed E-state index contributed by atoms with van der Waals surface area (Å²) < 4.78 is 10.2. The summed E-state index contributed by atoms with van der Waals surface area (Å²) in [6.07, 6.45) is 3.01. The van der Waals surface area contributed by atoms with E-state index in [1.807, 2.05) is 6.92 Å². The standard InChI is InChI=1S/C8H12O3/c1-2-8(5-10-8)7(9)11-6-3-4-6/h6H,2-5H2,1H3. The minimum Gasteiger partial charge on any atom is -0.460 e. The van der Waals surface area contributed by atoms with Gasteiger partial charge in [0, 0.05) is 0 Å². The molecule has 0 spiro atoms. The van der Waals surface area contributed by atoms with Crippen molar-refractivity contribution in [3.05, 3.63) is 0 Å². The molecule has 0 N–H and O–H groups in total. The first kappa shape index (κ1) is 7.10. The van der Waals surface area contributed by atoms with Crippen molar-refractivity contribution in [2.75, 3.05) is 6.61 Å². The summed E-state index contributed by atoms with van der Waals surface area (Å²) >= 11 is 0. The van der Waals surface area contributed by atoms with Gasteiger partial charge in [-0.25, -0.2) is 4.79 Å². The van der Waals surface area contributed by atoms with Crippen molar-refractivity contribution >= 4 is 5.97 Å². The lowest BCUT2D eigenvalue weighted by molar-refractivity contribution is -0.151. The van der Waals surface area contributed by atoms with Crippen LogP contribution in [0.2, 0.25) is 0 Å². The molecule has 1 saturated heterocycles. The van der Waals surface area contributed by atoms with Crippen LogP contribution in [0.1, 0.15) is 26.2 Å². The second kappa shape index (κ2) is 2.21. The summed E-state index contributed by atoms with van der Waals surface area (Å²) in [6, 6.07) is 0. The maximum Gasteiger partial charge on any atom is 0.341 e. The number of esters is 1. The van der Waals surface area contributed by atoms with Gasteiger partial charge in [0.25, 0.3) is 0 Å². The minimum atomic E-state index is -0.539. The third kappa shape index (κ3) is 1.25. The predicted molar refractivity (Wildman–Crippen MR) is 38.1 cm³/mol. The normalized spacial score (nSPS) is 35.0. The van der Waals surface area contributed by atoms with Gasteiger partial charge >= 0.3 is 5.97 Å². The molecule has 62 valence electrons. The topological polar surface area (TPSA) is 38.8 Å². The molecule has 1 aliphatic heterocycles. The van der Waals surface area contributed by atoms with E-state index in [2.05, 4.69) is 0 Å². The highest BCUT2D eigenvalue weighted by Crippen LogP contribution is 2.35. The molecule has 1 aliphatic carbocycles. The second-order valence-corrected chi connectivity index (χ2v) is 3.24. The maximum absolute atomic E-state index is 11.3. The molecule has 2 fully saturated rings. The van der Waals surface area contributed by atoms with Gasteiger partial charge in [-0.1, -0.05) is 6.92 Å². The molecule has 3 nitrogen and oxygen atoms in total. The van der Waals surface area contributed by atoms with E-state index in [1.165, 1.54) is 0 Å². The molecule has 1 heterocycles. The Hall–Kier alpha value is -0.570. The molecule has 11 heavy (non-hydrogen) atoms. The molecule has 0 aromatic heterocycles.